The summed E-state index contributed by atoms with van der Waals surface area (Å²) in [6.07, 6.45) is -20.8. The highest BCUT2D eigenvalue weighted by Gasteiger charge is 2.71. The van der Waals surface area contributed by atoms with Crippen LogP contribution in [0.25, 0.3) is 0 Å². The van der Waals surface area contributed by atoms with Crippen LogP contribution in [0.15, 0.2) is 12.2 Å². The van der Waals surface area contributed by atoms with Gasteiger partial charge >= 0.3 is 24.3 Å². The van der Waals surface area contributed by atoms with E-state index in [0.717, 1.165) is 0 Å². The maximum Gasteiger partial charge on any atom is 0.483 e. The number of carbonyl (C=O) groups excluding carboxylic acids is 1. The van der Waals surface area contributed by atoms with Gasteiger partial charge in [-0.1, -0.05) is 0 Å². The summed E-state index contributed by atoms with van der Waals surface area (Å²) in [5.41, 5.74) is -1.77. The number of carbonyl (C=O) groups is 1. The number of carboxylic acids is 1. The predicted octanol–water partition coefficient (Wildman–Crippen LogP) is 1.90. The molecular formula is C8H3F9O3. The second-order valence-electron chi connectivity index (χ2n) is 3.21. The van der Waals surface area contributed by atoms with E-state index in [9.17, 15) is 49.4 Å². The molecule has 0 bridgehead atoms. The molecule has 0 aromatic carbocycles. The van der Waals surface area contributed by atoms with Gasteiger partial charge in [0.15, 0.2) is 11.5 Å². The minimum absolute atomic E-state index is 1.17. The van der Waals surface area contributed by atoms with Gasteiger partial charge in [-0.3, -0.25) is 0 Å². The first-order chi connectivity index (χ1) is 8.53. The summed E-state index contributed by atoms with van der Waals surface area (Å²) < 4.78 is 111. The van der Waals surface area contributed by atoms with Crippen molar-refractivity contribution in [2.45, 2.75) is 24.3 Å². The Labute approximate surface area is 104 Å². The quantitative estimate of drug-likeness (QED) is 0.427. The zero-order chi connectivity index (χ0) is 16.6. The Kier molecular flexibility index (Phi) is 4.67. The van der Waals surface area contributed by atoms with E-state index in [-0.39, 0.29) is 0 Å². The Morgan fingerprint density at radius 2 is 1.35 bits per heavy atom. The molecular weight excluding hydrogens is 315 g/mol. The van der Waals surface area contributed by atoms with E-state index in [4.69, 9.17) is 0 Å². The molecule has 0 fully saturated rings. The molecule has 0 spiro atoms. The van der Waals surface area contributed by atoms with Crippen LogP contribution < -0.4 is 5.11 Å². The minimum Gasteiger partial charge on any atom is -0.472 e. The van der Waals surface area contributed by atoms with Gasteiger partial charge in [-0.2, -0.15) is 39.5 Å². The van der Waals surface area contributed by atoms with Gasteiger partial charge in [-0.25, -0.2) is 4.74 Å². The third-order valence-corrected chi connectivity index (χ3v) is 1.59. The summed E-state index contributed by atoms with van der Waals surface area (Å²) in [7, 11) is 0. The number of halogens is 9. The van der Waals surface area contributed by atoms with Crippen LogP contribution in [0.4, 0.5) is 39.5 Å². The van der Waals surface area contributed by atoms with Crippen molar-refractivity contribution >= 4 is 5.97 Å². The van der Waals surface area contributed by atoms with E-state index >= 15 is 0 Å². The minimum atomic E-state index is -6.68. The van der Waals surface area contributed by atoms with Gasteiger partial charge in [0.1, 0.15) is 6.42 Å². The first kappa shape index (κ1) is 18.4. The number of carboxylic acid groups (broad SMARTS) is 1. The number of hydrogen-bond acceptors (Lipinski definition) is 3. The van der Waals surface area contributed by atoms with E-state index in [2.05, 4.69) is 6.58 Å². The van der Waals surface area contributed by atoms with Crippen molar-refractivity contribution in [1.29, 1.82) is 0 Å². The van der Waals surface area contributed by atoms with E-state index < -0.39 is 42.3 Å². The van der Waals surface area contributed by atoms with Crippen LogP contribution in [0.3, 0.4) is 0 Å². The number of hydrogen-bond donors (Lipinski definition) is 0. The second-order valence-corrected chi connectivity index (χ2v) is 3.21. The van der Waals surface area contributed by atoms with Crippen molar-refractivity contribution in [2.75, 3.05) is 0 Å². The maximum atomic E-state index is 12.7. The van der Waals surface area contributed by atoms with E-state index in [1.54, 1.807) is 0 Å². The van der Waals surface area contributed by atoms with Crippen LogP contribution in [0.5, 0.6) is 0 Å². The average Bonchev–Trinajstić information content (AvgIpc) is 2.12. The lowest BCUT2D eigenvalue weighted by Crippen LogP contribution is -2.52. The summed E-state index contributed by atoms with van der Waals surface area (Å²) in [5.74, 6) is -8.28. The summed E-state index contributed by atoms with van der Waals surface area (Å²) in [6, 6.07) is 0. The number of ether oxygens (including phenoxy) is 1. The monoisotopic (exact) mass is 318 g/mol. The Hall–Kier alpha value is -1.59. The molecule has 0 aromatic heterocycles. The highest BCUT2D eigenvalue weighted by Crippen LogP contribution is 2.46. The lowest BCUT2D eigenvalue weighted by atomic mass is 10.1. The van der Waals surface area contributed by atoms with E-state index in [1.807, 2.05) is 4.74 Å². The molecule has 0 saturated heterocycles. The molecule has 0 saturated carbocycles. The molecule has 0 unspecified atom stereocenters. The Morgan fingerprint density at radius 3 is 1.65 bits per heavy atom. The van der Waals surface area contributed by atoms with E-state index in [1.165, 1.54) is 0 Å². The van der Waals surface area contributed by atoms with Gasteiger partial charge in [0, 0.05) is 6.58 Å². The van der Waals surface area contributed by atoms with Gasteiger partial charge in [0.25, 0.3) is 0 Å². The molecule has 0 aliphatic heterocycles. The molecule has 0 N–H and O–H groups in total. The molecule has 12 heteroatoms. The summed E-state index contributed by atoms with van der Waals surface area (Å²) >= 11 is 0. The van der Waals surface area contributed by atoms with Crippen molar-refractivity contribution < 1.29 is 54.2 Å². The zero-order valence-electron chi connectivity index (χ0n) is 8.91. The fraction of sp³-hybridized carbons (Fsp3) is 0.500. The topological polar surface area (TPSA) is 49.4 Å². The molecule has 0 heterocycles. The fourth-order valence-corrected chi connectivity index (χ4v) is 0.649. The van der Waals surface area contributed by atoms with Crippen LogP contribution in [0.2, 0.25) is 0 Å². The van der Waals surface area contributed by atoms with Gasteiger partial charge in [-0.05, 0) is 0 Å². The third-order valence-electron chi connectivity index (χ3n) is 1.59. The smallest absolute Gasteiger partial charge is 0.472 e. The van der Waals surface area contributed by atoms with Crippen LogP contribution in [0.1, 0.15) is 0 Å². The molecule has 0 aliphatic rings. The van der Waals surface area contributed by atoms with Crippen molar-refractivity contribution in [3.63, 3.8) is 0 Å². The first-order valence-electron chi connectivity index (χ1n) is 4.20. The lowest BCUT2D eigenvalue weighted by molar-refractivity contribution is -0.482. The van der Waals surface area contributed by atoms with Crippen LogP contribution in [0, 0.1) is 6.42 Å². The molecule has 0 atom stereocenters. The fourth-order valence-electron chi connectivity index (χ4n) is 0.649. The molecule has 0 aliphatic carbocycles. The van der Waals surface area contributed by atoms with Crippen LogP contribution in [-0.2, 0) is 9.53 Å². The molecule has 116 valence electrons. The van der Waals surface area contributed by atoms with Crippen molar-refractivity contribution in [3.8, 4) is 0 Å². The molecule has 0 aromatic rings. The van der Waals surface area contributed by atoms with Crippen molar-refractivity contribution in [2.24, 2.45) is 0 Å². The van der Waals surface area contributed by atoms with Crippen molar-refractivity contribution in [1.82, 2.24) is 0 Å². The molecule has 0 rings (SSSR count). The van der Waals surface area contributed by atoms with Crippen molar-refractivity contribution in [3.05, 3.63) is 18.6 Å². The SMILES string of the molecule is C=C([CH+]C(F)(F)C(F)(F)OC(F)(F)C(F)(F)F)C(=O)[O-]. The molecule has 3 nitrogen and oxygen atoms in total. The number of rotatable bonds is 6. The number of aliphatic carboxylic acids is 1. The standard InChI is InChI=1S/C8H3F9O3/c1-3(4(18)19)2-5(9,10)7(14,15)20-8(16,17)6(11,12)13/h2H,1H2. The van der Waals surface area contributed by atoms with Gasteiger partial charge in [-0.15, -0.1) is 0 Å². The normalized spacial score (nSPS) is 14.1. The summed E-state index contributed by atoms with van der Waals surface area (Å²) in [5, 5.41) is 9.96. The van der Waals surface area contributed by atoms with Crippen LogP contribution >= 0.6 is 0 Å². The maximum absolute atomic E-state index is 12.7. The molecule has 0 radical (unpaired) electrons. The zero-order valence-corrected chi connectivity index (χ0v) is 8.91. The highest BCUT2D eigenvalue weighted by atomic mass is 19.4. The lowest BCUT2D eigenvalue weighted by Gasteiger charge is -2.28. The molecule has 0 amide bonds. The summed E-state index contributed by atoms with van der Waals surface area (Å²) in [6.45, 7) is 2.30. The van der Waals surface area contributed by atoms with Gasteiger partial charge in [0.05, 0.1) is 0 Å². The molecule has 20 heavy (non-hydrogen) atoms. The van der Waals surface area contributed by atoms with E-state index in [0.29, 0.717) is 0 Å². The van der Waals surface area contributed by atoms with Gasteiger partial charge < -0.3 is 9.90 Å². The second kappa shape index (κ2) is 5.07. The predicted molar refractivity (Wildman–Crippen MR) is 40.4 cm³/mol. The summed E-state index contributed by atoms with van der Waals surface area (Å²) in [4.78, 5) is 9.96. The Balaban J connectivity index is 5.22. The third kappa shape index (κ3) is 3.95. The Morgan fingerprint density at radius 1 is 0.950 bits per heavy atom. The van der Waals surface area contributed by atoms with Gasteiger partial charge in [0.2, 0.25) is 0 Å². The average molecular weight is 318 g/mol. The highest BCUT2D eigenvalue weighted by molar-refractivity contribution is 5.86. The number of alkyl halides is 9. The largest absolute Gasteiger partial charge is 0.483 e. The first-order valence-corrected chi connectivity index (χ1v) is 4.20. The van der Waals surface area contributed by atoms with Crippen LogP contribution in [-0.4, -0.2) is 30.3 Å². The Bertz CT molecular complexity index is 398.